The third-order valence-corrected chi connectivity index (χ3v) is 4.32. The second-order valence-corrected chi connectivity index (χ2v) is 6.49. The number of aromatic nitrogens is 5. The third kappa shape index (κ3) is 4.29. The molecule has 4 aromatic rings. The van der Waals surface area contributed by atoms with E-state index in [1.165, 1.54) is 18.3 Å². The maximum absolute atomic E-state index is 13.7. The molecule has 0 aliphatic carbocycles. The summed E-state index contributed by atoms with van der Waals surface area (Å²) in [7, 11) is 0. The third-order valence-electron chi connectivity index (χ3n) is 4.32. The lowest BCUT2D eigenvalue weighted by Gasteiger charge is -2.11. The molecule has 0 fully saturated rings. The van der Waals surface area contributed by atoms with Gasteiger partial charge in [-0.25, -0.2) is 13.8 Å². The quantitative estimate of drug-likeness (QED) is 0.492. The van der Waals surface area contributed by atoms with Crippen LogP contribution in [0.25, 0.3) is 11.4 Å². The lowest BCUT2D eigenvalue weighted by Crippen LogP contribution is -2.27. The minimum Gasteiger partial charge on any atom is -0.346 e. The van der Waals surface area contributed by atoms with Crippen LogP contribution in [0.4, 0.5) is 17.6 Å². The van der Waals surface area contributed by atoms with Crippen LogP contribution in [0.5, 0.6) is 0 Å². The molecule has 2 heterocycles. The van der Waals surface area contributed by atoms with Gasteiger partial charge in [0.15, 0.2) is 11.4 Å². The number of hydrogen-bond donors (Lipinski definition) is 1. The molecule has 2 aromatic carbocycles. The lowest BCUT2D eigenvalue weighted by molar-refractivity contribution is -0.143. The molecule has 2 aromatic heterocycles. The van der Waals surface area contributed by atoms with Gasteiger partial charge in [-0.15, -0.1) is 5.10 Å². The van der Waals surface area contributed by atoms with Gasteiger partial charge in [0, 0.05) is 18.3 Å². The molecule has 7 nitrogen and oxygen atoms in total. The van der Waals surface area contributed by atoms with Crippen LogP contribution in [-0.2, 0) is 12.7 Å². The fourth-order valence-electron chi connectivity index (χ4n) is 2.92. The summed E-state index contributed by atoms with van der Waals surface area (Å²) >= 11 is 0. The number of carbonyl (C=O) groups is 1. The van der Waals surface area contributed by atoms with Crippen molar-refractivity contribution in [2.45, 2.75) is 12.7 Å². The van der Waals surface area contributed by atoms with Gasteiger partial charge < -0.3 is 5.32 Å². The Balaban J connectivity index is 1.56. The number of nitrogens with zero attached hydrogens (tertiary/aromatic N) is 5. The molecule has 0 aliphatic rings. The van der Waals surface area contributed by atoms with Gasteiger partial charge in [-0.3, -0.25) is 4.79 Å². The summed E-state index contributed by atoms with van der Waals surface area (Å²) in [5.41, 5.74) is -1.15. The standard InChI is InChI=1S/C20H14F4N6O/c21-14-5-4-8-16(9-14)30-18(20(22,23)24)17(27-28-30)19(31)25-10-13-11-26-29(12-13)15-6-2-1-3-7-15/h1-9,11-12H,10H2,(H,25,31). The summed E-state index contributed by atoms with van der Waals surface area (Å²) in [5.74, 6) is -1.81. The molecule has 4 rings (SSSR count). The second kappa shape index (κ2) is 8.01. The Labute approximate surface area is 172 Å². The van der Waals surface area contributed by atoms with Gasteiger partial charge in [0.1, 0.15) is 5.82 Å². The summed E-state index contributed by atoms with van der Waals surface area (Å²) in [6, 6.07) is 13.6. The molecule has 0 saturated heterocycles. The molecular formula is C20H14F4N6O. The molecule has 1 amide bonds. The Bertz CT molecular complexity index is 1220. The van der Waals surface area contributed by atoms with Gasteiger partial charge in [-0.1, -0.05) is 29.5 Å². The first-order valence-electron chi connectivity index (χ1n) is 8.99. The van der Waals surface area contributed by atoms with E-state index in [0.29, 0.717) is 10.2 Å². The summed E-state index contributed by atoms with van der Waals surface area (Å²) < 4.78 is 56.4. The maximum Gasteiger partial charge on any atom is 0.435 e. The lowest BCUT2D eigenvalue weighted by atomic mass is 10.2. The highest BCUT2D eigenvalue weighted by Gasteiger charge is 2.42. The van der Waals surface area contributed by atoms with Crippen molar-refractivity contribution in [3.05, 3.63) is 89.8 Å². The Morgan fingerprint density at radius 2 is 1.77 bits per heavy atom. The first kappa shape index (κ1) is 20.3. The molecule has 0 unspecified atom stereocenters. The van der Waals surface area contributed by atoms with Crippen LogP contribution < -0.4 is 5.32 Å². The van der Waals surface area contributed by atoms with Crippen molar-refractivity contribution >= 4 is 5.91 Å². The minimum atomic E-state index is -4.94. The van der Waals surface area contributed by atoms with Crippen molar-refractivity contribution < 1.29 is 22.4 Å². The molecule has 31 heavy (non-hydrogen) atoms. The van der Waals surface area contributed by atoms with Crippen LogP contribution in [0, 0.1) is 5.82 Å². The largest absolute Gasteiger partial charge is 0.435 e. The van der Waals surface area contributed by atoms with Crippen LogP contribution in [0.2, 0.25) is 0 Å². The number of halogens is 4. The number of amides is 1. The Hall–Kier alpha value is -4.02. The fourth-order valence-corrected chi connectivity index (χ4v) is 2.92. The van der Waals surface area contributed by atoms with E-state index in [4.69, 9.17) is 0 Å². The molecule has 11 heteroatoms. The topological polar surface area (TPSA) is 77.6 Å². The predicted octanol–water partition coefficient (Wildman–Crippen LogP) is 3.54. The smallest absolute Gasteiger partial charge is 0.346 e. The van der Waals surface area contributed by atoms with Crippen LogP contribution in [-0.4, -0.2) is 30.7 Å². The molecule has 0 saturated carbocycles. The molecule has 0 bridgehead atoms. The highest BCUT2D eigenvalue weighted by molar-refractivity contribution is 5.93. The van der Waals surface area contributed by atoms with Crippen molar-refractivity contribution in [3.8, 4) is 11.4 Å². The number of para-hydroxylation sites is 1. The second-order valence-electron chi connectivity index (χ2n) is 6.49. The van der Waals surface area contributed by atoms with Gasteiger partial charge in [0.2, 0.25) is 0 Å². The number of carbonyl (C=O) groups excluding carboxylic acids is 1. The van der Waals surface area contributed by atoms with E-state index in [2.05, 4.69) is 20.7 Å². The van der Waals surface area contributed by atoms with Gasteiger partial charge in [-0.05, 0) is 30.3 Å². The van der Waals surface area contributed by atoms with E-state index in [-0.39, 0.29) is 12.2 Å². The molecular weight excluding hydrogens is 416 g/mol. The predicted molar refractivity (Wildman–Crippen MR) is 101 cm³/mol. The average molecular weight is 430 g/mol. The Morgan fingerprint density at radius 3 is 2.48 bits per heavy atom. The van der Waals surface area contributed by atoms with E-state index >= 15 is 0 Å². The zero-order chi connectivity index (χ0) is 22.0. The van der Waals surface area contributed by atoms with Crippen LogP contribution in [0.3, 0.4) is 0 Å². The highest BCUT2D eigenvalue weighted by Crippen LogP contribution is 2.32. The summed E-state index contributed by atoms with van der Waals surface area (Å²) in [6.07, 6.45) is -1.81. The fraction of sp³-hybridized carbons (Fsp3) is 0.100. The van der Waals surface area contributed by atoms with Gasteiger partial charge in [-0.2, -0.15) is 18.3 Å². The van der Waals surface area contributed by atoms with Gasteiger partial charge in [0.25, 0.3) is 5.91 Å². The monoisotopic (exact) mass is 430 g/mol. The Morgan fingerprint density at radius 1 is 1.03 bits per heavy atom. The van der Waals surface area contributed by atoms with E-state index in [9.17, 15) is 22.4 Å². The van der Waals surface area contributed by atoms with Gasteiger partial charge in [0.05, 0.1) is 17.6 Å². The zero-order valence-electron chi connectivity index (χ0n) is 15.7. The number of rotatable bonds is 5. The Kier molecular flexibility index (Phi) is 5.24. The average Bonchev–Trinajstić information content (AvgIpc) is 3.40. The van der Waals surface area contributed by atoms with Crippen molar-refractivity contribution in [1.29, 1.82) is 0 Å². The maximum atomic E-state index is 13.7. The summed E-state index contributed by atoms with van der Waals surface area (Å²) in [4.78, 5) is 12.4. The number of benzene rings is 2. The zero-order valence-corrected chi connectivity index (χ0v) is 15.7. The molecule has 1 N–H and O–H groups in total. The summed E-state index contributed by atoms with van der Waals surface area (Å²) in [5, 5.41) is 13.4. The van der Waals surface area contributed by atoms with Crippen LogP contribution in [0.1, 0.15) is 21.7 Å². The number of nitrogens with one attached hydrogen (secondary N) is 1. The first-order valence-corrected chi connectivity index (χ1v) is 8.99. The normalized spacial score (nSPS) is 11.5. The van der Waals surface area contributed by atoms with Crippen molar-refractivity contribution in [2.75, 3.05) is 0 Å². The molecule has 0 spiro atoms. The van der Waals surface area contributed by atoms with Crippen molar-refractivity contribution in [1.82, 2.24) is 30.1 Å². The summed E-state index contributed by atoms with van der Waals surface area (Å²) in [6.45, 7) is -0.0736. The van der Waals surface area contributed by atoms with E-state index < -0.39 is 29.3 Å². The first-order chi connectivity index (χ1) is 14.8. The van der Waals surface area contributed by atoms with E-state index in [0.717, 1.165) is 17.8 Å². The number of alkyl halides is 3. The van der Waals surface area contributed by atoms with Crippen LogP contribution in [0.15, 0.2) is 67.0 Å². The van der Waals surface area contributed by atoms with Crippen LogP contribution >= 0.6 is 0 Å². The molecule has 0 aliphatic heterocycles. The molecule has 0 radical (unpaired) electrons. The SMILES string of the molecule is O=C(NCc1cnn(-c2ccccc2)c1)c1nnn(-c2cccc(F)c2)c1C(F)(F)F. The van der Waals surface area contributed by atoms with E-state index in [1.54, 1.807) is 10.9 Å². The highest BCUT2D eigenvalue weighted by atomic mass is 19.4. The molecule has 158 valence electrons. The van der Waals surface area contributed by atoms with Crippen molar-refractivity contribution in [3.63, 3.8) is 0 Å². The number of hydrogen-bond acceptors (Lipinski definition) is 4. The molecule has 0 atom stereocenters. The van der Waals surface area contributed by atoms with Gasteiger partial charge >= 0.3 is 6.18 Å². The minimum absolute atomic E-state index is 0.0736. The van der Waals surface area contributed by atoms with Crippen molar-refractivity contribution in [2.24, 2.45) is 0 Å². The van der Waals surface area contributed by atoms with E-state index in [1.807, 2.05) is 30.3 Å².